The molecule has 4 nitrogen and oxygen atoms in total. The number of ether oxygens (including phenoxy) is 1. The molecule has 20 heavy (non-hydrogen) atoms. The number of carbonyl (C=O) groups is 1. The first-order valence-corrected chi connectivity index (χ1v) is 6.70. The van der Waals surface area contributed by atoms with Crippen LogP contribution in [0.5, 0.6) is 0 Å². The maximum atomic E-state index is 11.8. The van der Waals surface area contributed by atoms with Crippen molar-refractivity contribution in [2.75, 3.05) is 7.11 Å². The lowest BCUT2D eigenvalue weighted by atomic mass is 9.95. The van der Waals surface area contributed by atoms with Crippen molar-refractivity contribution in [2.45, 2.75) is 18.3 Å². The molecule has 0 saturated heterocycles. The van der Waals surface area contributed by atoms with Crippen LogP contribution in [0.2, 0.25) is 5.15 Å². The fourth-order valence-electron chi connectivity index (χ4n) is 2.35. The molecule has 0 aliphatic heterocycles. The molecule has 0 unspecified atom stereocenters. The topological polar surface area (TPSA) is 52.1 Å². The van der Waals surface area contributed by atoms with Gasteiger partial charge in [0.15, 0.2) is 0 Å². The second-order valence-corrected chi connectivity index (χ2v) is 5.26. The Morgan fingerprint density at radius 1 is 1.20 bits per heavy atom. The predicted octanol–water partition coefficient (Wildman–Crippen LogP) is 3.00. The van der Waals surface area contributed by atoms with Gasteiger partial charge in [0.2, 0.25) is 0 Å². The molecule has 1 aromatic heterocycles. The lowest BCUT2D eigenvalue weighted by Crippen LogP contribution is -2.21. The Kier molecular flexibility index (Phi) is 3.18. The molecule has 1 aliphatic rings. The van der Waals surface area contributed by atoms with Gasteiger partial charge in [0.05, 0.1) is 30.6 Å². The van der Waals surface area contributed by atoms with E-state index in [1.54, 1.807) is 6.20 Å². The van der Waals surface area contributed by atoms with Crippen LogP contribution in [0, 0.1) is 0 Å². The van der Waals surface area contributed by atoms with E-state index in [0.717, 1.165) is 29.7 Å². The molecule has 0 atom stereocenters. The first kappa shape index (κ1) is 13.1. The summed E-state index contributed by atoms with van der Waals surface area (Å²) in [6.07, 6.45) is 4.84. The molecular weight excluding hydrogens is 276 g/mol. The number of halogens is 1. The van der Waals surface area contributed by atoms with Crippen LogP contribution in [0.25, 0.3) is 11.3 Å². The summed E-state index contributed by atoms with van der Waals surface area (Å²) in [4.78, 5) is 20.1. The van der Waals surface area contributed by atoms with Crippen molar-refractivity contribution in [2.24, 2.45) is 0 Å². The van der Waals surface area contributed by atoms with Gasteiger partial charge >= 0.3 is 5.97 Å². The molecule has 2 aromatic rings. The van der Waals surface area contributed by atoms with E-state index >= 15 is 0 Å². The minimum atomic E-state index is -0.432. The Hall–Kier alpha value is -1.94. The minimum Gasteiger partial charge on any atom is -0.468 e. The lowest BCUT2D eigenvalue weighted by molar-refractivity contribution is -0.143. The van der Waals surface area contributed by atoms with Crippen LogP contribution in [0.3, 0.4) is 0 Å². The van der Waals surface area contributed by atoms with Gasteiger partial charge in [-0.3, -0.25) is 9.78 Å². The number of hydrogen-bond acceptors (Lipinski definition) is 4. The van der Waals surface area contributed by atoms with E-state index in [0.29, 0.717) is 5.15 Å². The molecule has 0 bridgehead atoms. The number of carbonyl (C=O) groups excluding carboxylic acids is 1. The van der Waals surface area contributed by atoms with Crippen LogP contribution in [0.15, 0.2) is 36.7 Å². The van der Waals surface area contributed by atoms with Crippen LogP contribution < -0.4 is 0 Å². The molecule has 1 aromatic carbocycles. The SMILES string of the molecule is COC(=O)C1(c2ccc(-c3cnc(Cl)cn3)cc2)CC1. The first-order chi connectivity index (χ1) is 9.65. The van der Waals surface area contributed by atoms with Crippen molar-refractivity contribution < 1.29 is 9.53 Å². The lowest BCUT2D eigenvalue weighted by Gasteiger charge is -2.13. The Morgan fingerprint density at radius 2 is 1.90 bits per heavy atom. The third-order valence-electron chi connectivity index (χ3n) is 3.68. The van der Waals surface area contributed by atoms with Gasteiger partial charge in [-0.05, 0) is 18.4 Å². The van der Waals surface area contributed by atoms with Crippen LogP contribution >= 0.6 is 11.6 Å². The Labute approximate surface area is 121 Å². The standard InChI is InChI=1S/C15H13ClN2O2/c1-20-14(19)15(6-7-15)11-4-2-10(3-5-11)12-8-18-13(16)9-17-12/h2-5,8-9H,6-7H2,1H3. The number of benzene rings is 1. The van der Waals surface area contributed by atoms with E-state index in [-0.39, 0.29) is 5.97 Å². The van der Waals surface area contributed by atoms with Gasteiger partial charge in [0, 0.05) is 5.56 Å². The van der Waals surface area contributed by atoms with E-state index in [9.17, 15) is 4.79 Å². The summed E-state index contributed by atoms with van der Waals surface area (Å²) in [5.74, 6) is -0.156. The molecule has 0 N–H and O–H groups in total. The van der Waals surface area contributed by atoms with Gasteiger partial charge in [0.1, 0.15) is 5.15 Å². The van der Waals surface area contributed by atoms with Crippen molar-refractivity contribution in [3.63, 3.8) is 0 Å². The summed E-state index contributed by atoms with van der Waals surface area (Å²) in [5, 5.41) is 0.369. The van der Waals surface area contributed by atoms with Crippen LogP contribution in [0.4, 0.5) is 0 Å². The smallest absolute Gasteiger partial charge is 0.316 e. The zero-order chi connectivity index (χ0) is 14.2. The van der Waals surface area contributed by atoms with Crippen molar-refractivity contribution in [1.82, 2.24) is 9.97 Å². The highest BCUT2D eigenvalue weighted by Crippen LogP contribution is 2.49. The Bertz CT molecular complexity index is 634. The van der Waals surface area contributed by atoms with Crippen LogP contribution in [-0.4, -0.2) is 23.0 Å². The van der Waals surface area contributed by atoms with E-state index in [2.05, 4.69) is 9.97 Å². The fourth-order valence-corrected chi connectivity index (χ4v) is 2.45. The number of rotatable bonds is 3. The summed E-state index contributed by atoms with van der Waals surface area (Å²) in [6.45, 7) is 0. The van der Waals surface area contributed by atoms with E-state index in [1.807, 2.05) is 24.3 Å². The third kappa shape index (κ3) is 2.16. The zero-order valence-corrected chi connectivity index (χ0v) is 11.7. The van der Waals surface area contributed by atoms with Gasteiger partial charge in [0.25, 0.3) is 0 Å². The highest BCUT2D eigenvalue weighted by molar-refractivity contribution is 6.29. The molecule has 3 rings (SSSR count). The van der Waals surface area contributed by atoms with E-state index in [4.69, 9.17) is 16.3 Å². The van der Waals surface area contributed by atoms with Gasteiger partial charge in [-0.2, -0.15) is 0 Å². The van der Waals surface area contributed by atoms with Crippen molar-refractivity contribution in [1.29, 1.82) is 0 Å². The molecule has 0 spiro atoms. The summed E-state index contributed by atoms with van der Waals surface area (Å²) in [7, 11) is 1.43. The number of methoxy groups -OCH3 is 1. The van der Waals surface area contributed by atoms with E-state index < -0.39 is 5.41 Å². The second-order valence-electron chi connectivity index (χ2n) is 4.88. The van der Waals surface area contributed by atoms with Gasteiger partial charge in [-0.1, -0.05) is 35.9 Å². The van der Waals surface area contributed by atoms with Gasteiger partial charge in [-0.15, -0.1) is 0 Å². The summed E-state index contributed by atoms with van der Waals surface area (Å²) >= 11 is 5.72. The summed E-state index contributed by atoms with van der Waals surface area (Å²) in [6, 6.07) is 7.79. The highest BCUT2D eigenvalue weighted by atomic mass is 35.5. The van der Waals surface area contributed by atoms with Crippen LogP contribution in [-0.2, 0) is 14.9 Å². The normalized spacial score (nSPS) is 15.7. The summed E-state index contributed by atoms with van der Waals surface area (Å²) < 4.78 is 4.88. The van der Waals surface area contributed by atoms with Crippen LogP contribution in [0.1, 0.15) is 18.4 Å². The Morgan fingerprint density at radius 3 is 2.40 bits per heavy atom. The van der Waals surface area contributed by atoms with Gasteiger partial charge < -0.3 is 4.74 Å². The van der Waals surface area contributed by atoms with Crippen molar-refractivity contribution in [3.8, 4) is 11.3 Å². The zero-order valence-electron chi connectivity index (χ0n) is 11.0. The maximum Gasteiger partial charge on any atom is 0.316 e. The first-order valence-electron chi connectivity index (χ1n) is 6.32. The van der Waals surface area contributed by atoms with E-state index in [1.165, 1.54) is 13.3 Å². The quantitative estimate of drug-likeness (QED) is 0.815. The molecular formula is C15H13ClN2O2. The molecule has 1 heterocycles. The largest absolute Gasteiger partial charge is 0.468 e. The average Bonchev–Trinajstić information content (AvgIpc) is 3.29. The van der Waals surface area contributed by atoms with Crippen molar-refractivity contribution in [3.05, 3.63) is 47.4 Å². The fraction of sp³-hybridized carbons (Fsp3) is 0.267. The number of nitrogens with zero attached hydrogens (tertiary/aromatic N) is 2. The Balaban J connectivity index is 1.89. The van der Waals surface area contributed by atoms with Gasteiger partial charge in [-0.25, -0.2) is 4.98 Å². The number of esters is 1. The third-order valence-corrected chi connectivity index (χ3v) is 3.87. The number of hydrogen-bond donors (Lipinski definition) is 0. The second kappa shape index (κ2) is 4.87. The molecule has 0 radical (unpaired) electrons. The minimum absolute atomic E-state index is 0.156. The molecule has 102 valence electrons. The van der Waals surface area contributed by atoms with Crippen molar-refractivity contribution >= 4 is 17.6 Å². The maximum absolute atomic E-state index is 11.8. The molecule has 1 saturated carbocycles. The average molecular weight is 289 g/mol. The predicted molar refractivity (Wildman–Crippen MR) is 75.4 cm³/mol. The number of aromatic nitrogens is 2. The monoisotopic (exact) mass is 288 g/mol. The molecule has 5 heteroatoms. The molecule has 0 amide bonds. The summed E-state index contributed by atoms with van der Waals surface area (Å²) in [5.41, 5.74) is 2.26. The highest BCUT2D eigenvalue weighted by Gasteiger charge is 2.52. The molecule has 1 aliphatic carbocycles. The molecule has 1 fully saturated rings.